The molecule has 1 saturated heterocycles. The molecule has 0 radical (unpaired) electrons. The molecular weight excluding hydrogens is 448 g/mol. The lowest BCUT2D eigenvalue weighted by molar-refractivity contribution is -0.132. The molecule has 2 atom stereocenters. The Morgan fingerprint density at radius 1 is 1.14 bits per heavy atom. The van der Waals surface area contributed by atoms with E-state index in [-0.39, 0.29) is 18.0 Å². The first-order valence-corrected chi connectivity index (χ1v) is 11.8. The zero-order chi connectivity index (χ0) is 24.4. The Balaban J connectivity index is 1.12. The van der Waals surface area contributed by atoms with E-state index >= 15 is 0 Å². The number of ether oxygens (including phenoxy) is 1. The summed E-state index contributed by atoms with van der Waals surface area (Å²) in [5.41, 5.74) is 4.08. The first-order valence-electron chi connectivity index (χ1n) is 11.8. The Morgan fingerprint density at radius 2 is 1.91 bits per heavy atom. The number of piperazine rings is 1. The van der Waals surface area contributed by atoms with Gasteiger partial charge in [-0.05, 0) is 52.2 Å². The smallest absolute Gasteiger partial charge is 0.338 e. The van der Waals surface area contributed by atoms with Crippen LogP contribution in [0.1, 0.15) is 40.1 Å². The van der Waals surface area contributed by atoms with Crippen molar-refractivity contribution in [2.24, 2.45) is 0 Å². The predicted molar refractivity (Wildman–Crippen MR) is 126 cm³/mol. The molecule has 2 unspecified atom stereocenters. The van der Waals surface area contributed by atoms with E-state index in [4.69, 9.17) is 4.74 Å². The van der Waals surface area contributed by atoms with E-state index in [1.165, 1.54) is 6.33 Å². The van der Waals surface area contributed by atoms with E-state index in [0.717, 1.165) is 22.4 Å². The maximum Gasteiger partial charge on any atom is 0.338 e. The van der Waals surface area contributed by atoms with Gasteiger partial charge in [0, 0.05) is 39.1 Å². The first kappa shape index (κ1) is 23.1. The molecule has 2 aliphatic heterocycles. The normalized spacial score (nSPS) is 19.2. The highest BCUT2D eigenvalue weighted by Crippen LogP contribution is 2.25. The summed E-state index contributed by atoms with van der Waals surface area (Å²) in [6.45, 7) is 5.02. The number of amides is 1. The minimum atomic E-state index is -0.658. The molecule has 0 spiro atoms. The third-order valence-electron chi connectivity index (χ3n) is 6.61. The number of carbonyl (C=O) groups excluding carboxylic acids is 2. The number of hydrogen-bond donors (Lipinski definition) is 1. The molecule has 3 aromatic rings. The van der Waals surface area contributed by atoms with Gasteiger partial charge in [0.2, 0.25) is 5.91 Å². The van der Waals surface area contributed by atoms with Crippen LogP contribution in [0.25, 0.3) is 5.69 Å². The second-order valence-corrected chi connectivity index (χ2v) is 9.13. The van der Waals surface area contributed by atoms with Crippen LogP contribution in [0.2, 0.25) is 0 Å². The second-order valence-electron chi connectivity index (χ2n) is 9.13. The van der Waals surface area contributed by atoms with Crippen LogP contribution < -0.4 is 0 Å². The number of esters is 1. The standard InChI is InChI=1S/C25H28N6O4/c1-17-12-20-14-19(4-7-22(20)25(34)35-17)23(32)15-29-8-10-30(11-9-29)24(33)13-18-2-5-21(6-3-18)31-16-26-27-28-31/h2-7,14,16-17,23,32H,8-13,15H2,1H3. The van der Waals surface area contributed by atoms with Gasteiger partial charge in [-0.25, -0.2) is 9.48 Å². The third kappa shape index (κ3) is 5.23. The van der Waals surface area contributed by atoms with Gasteiger partial charge in [-0.1, -0.05) is 24.3 Å². The van der Waals surface area contributed by atoms with Crippen molar-refractivity contribution in [3.05, 3.63) is 71.0 Å². The molecule has 0 aliphatic carbocycles. The van der Waals surface area contributed by atoms with Crippen molar-refractivity contribution in [3.8, 4) is 5.69 Å². The van der Waals surface area contributed by atoms with E-state index in [1.807, 2.05) is 42.2 Å². The molecule has 35 heavy (non-hydrogen) atoms. The summed E-state index contributed by atoms with van der Waals surface area (Å²) in [4.78, 5) is 28.9. The summed E-state index contributed by atoms with van der Waals surface area (Å²) in [6, 6.07) is 13.1. The van der Waals surface area contributed by atoms with Crippen LogP contribution in [0, 0.1) is 0 Å². The molecule has 182 valence electrons. The zero-order valence-electron chi connectivity index (χ0n) is 19.6. The largest absolute Gasteiger partial charge is 0.459 e. The van der Waals surface area contributed by atoms with Crippen molar-refractivity contribution in [1.29, 1.82) is 0 Å². The highest BCUT2D eigenvalue weighted by molar-refractivity contribution is 5.92. The molecule has 5 rings (SSSR count). The van der Waals surface area contributed by atoms with Gasteiger partial charge in [-0.2, -0.15) is 0 Å². The van der Waals surface area contributed by atoms with Crippen LogP contribution in [0.5, 0.6) is 0 Å². The Kier molecular flexibility index (Phi) is 6.56. The molecule has 1 amide bonds. The summed E-state index contributed by atoms with van der Waals surface area (Å²) in [5.74, 6) is -0.208. The number of tetrazole rings is 1. The van der Waals surface area contributed by atoms with Crippen molar-refractivity contribution in [2.45, 2.75) is 32.0 Å². The fraction of sp³-hybridized carbons (Fsp3) is 0.400. The van der Waals surface area contributed by atoms with Gasteiger partial charge in [0.15, 0.2) is 0 Å². The number of carbonyl (C=O) groups is 2. The van der Waals surface area contributed by atoms with Gasteiger partial charge in [0.05, 0.1) is 23.8 Å². The molecule has 1 N–H and O–H groups in total. The number of β-amino-alcohol motifs (C(OH)–C–C–N with tert-alkyl or cyclic N) is 1. The molecule has 1 fully saturated rings. The monoisotopic (exact) mass is 476 g/mol. The number of aliphatic hydroxyl groups excluding tert-OH is 1. The number of hydrogen-bond acceptors (Lipinski definition) is 8. The average Bonchev–Trinajstić information content (AvgIpc) is 3.39. The number of aromatic nitrogens is 4. The Morgan fingerprint density at radius 3 is 2.63 bits per heavy atom. The van der Waals surface area contributed by atoms with Gasteiger partial charge in [-0.3, -0.25) is 9.69 Å². The number of fused-ring (bicyclic) bond motifs is 1. The van der Waals surface area contributed by atoms with E-state index in [1.54, 1.807) is 16.8 Å². The molecule has 1 aromatic heterocycles. The SMILES string of the molecule is CC1Cc2cc(C(O)CN3CCN(C(=O)Cc4ccc(-n5cnnn5)cc4)CC3)ccc2C(=O)O1. The average molecular weight is 477 g/mol. The van der Waals surface area contributed by atoms with Crippen LogP contribution in [0.4, 0.5) is 0 Å². The summed E-state index contributed by atoms with van der Waals surface area (Å²) >= 11 is 0. The van der Waals surface area contributed by atoms with Crippen LogP contribution >= 0.6 is 0 Å². The van der Waals surface area contributed by atoms with Crippen LogP contribution in [0.15, 0.2) is 48.8 Å². The van der Waals surface area contributed by atoms with Crippen molar-refractivity contribution in [3.63, 3.8) is 0 Å². The highest BCUT2D eigenvalue weighted by atomic mass is 16.5. The molecule has 0 saturated carbocycles. The Hall–Kier alpha value is -3.63. The van der Waals surface area contributed by atoms with Crippen molar-refractivity contribution >= 4 is 11.9 Å². The van der Waals surface area contributed by atoms with Gasteiger partial charge < -0.3 is 14.7 Å². The molecule has 2 aromatic carbocycles. The lowest BCUT2D eigenvalue weighted by Gasteiger charge is -2.36. The summed E-state index contributed by atoms with van der Waals surface area (Å²) in [6.07, 6.45) is 1.71. The van der Waals surface area contributed by atoms with Crippen LogP contribution in [-0.2, 0) is 22.4 Å². The highest BCUT2D eigenvalue weighted by Gasteiger charge is 2.26. The Labute approximate surface area is 203 Å². The number of nitrogens with zero attached hydrogens (tertiary/aromatic N) is 6. The number of rotatable bonds is 6. The first-order chi connectivity index (χ1) is 17.0. The second kappa shape index (κ2) is 9.93. The lowest BCUT2D eigenvalue weighted by atomic mass is 9.95. The summed E-state index contributed by atoms with van der Waals surface area (Å²) < 4.78 is 6.84. The maximum absolute atomic E-state index is 12.8. The quantitative estimate of drug-likeness (QED) is 0.528. The zero-order valence-corrected chi connectivity index (χ0v) is 19.6. The van der Waals surface area contributed by atoms with Gasteiger partial charge in [0.1, 0.15) is 12.4 Å². The molecule has 0 bridgehead atoms. The van der Waals surface area contributed by atoms with Gasteiger partial charge in [-0.15, -0.1) is 5.10 Å². The van der Waals surface area contributed by atoms with Gasteiger partial charge in [0.25, 0.3) is 0 Å². The molecule has 2 aliphatic rings. The number of benzene rings is 2. The number of cyclic esters (lactones) is 1. The molecule has 10 heteroatoms. The fourth-order valence-electron chi connectivity index (χ4n) is 4.65. The predicted octanol–water partition coefficient (Wildman–Crippen LogP) is 1.18. The molecule has 3 heterocycles. The topological polar surface area (TPSA) is 114 Å². The van der Waals surface area contributed by atoms with E-state index in [9.17, 15) is 14.7 Å². The molecular formula is C25H28N6O4. The van der Waals surface area contributed by atoms with Crippen molar-refractivity contribution in [2.75, 3.05) is 32.7 Å². The minimum absolute atomic E-state index is 0.0936. The summed E-state index contributed by atoms with van der Waals surface area (Å²) in [7, 11) is 0. The summed E-state index contributed by atoms with van der Waals surface area (Å²) in [5, 5.41) is 21.9. The lowest BCUT2D eigenvalue weighted by Crippen LogP contribution is -2.50. The maximum atomic E-state index is 12.8. The molecule has 10 nitrogen and oxygen atoms in total. The third-order valence-corrected chi connectivity index (χ3v) is 6.61. The number of aliphatic hydroxyl groups is 1. The van der Waals surface area contributed by atoms with E-state index in [2.05, 4.69) is 20.4 Å². The van der Waals surface area contributed by atoms with E-state index < -0.39 is 6.10 Å². The van der Waals surface area contributed by atoms with E-state index in [0.29, 0.717) is 51.1 Å². The fourth-order valence-corrected chi connectivity index (χ4v) is 4.65. The van der Waals surface area contributed by atoms with Crippen molar-refractivity contribution < 1.29 is 19.4 Å². The van der Waals surface area contributed by atoms with Crippen LogP contribution in [0.3, 0.4) is 0 Å². The van der Waals surface area contributed by atoms with Gasteiger partial charge >= 0.3 is 5.97 Å². The van der Waals surface area contributed by atoms with Crippen molar-refractivity contribution in [1.82, 2.24) is 30.0 Å². The van der Waals surface area contributed by atoms with Crippen LogP contribution in [-0.4, -0.2) is 85.8 Å². The Bertz CT molecular complexity index is 1190. The minimum Gasteiger partial charge on any atom is -0.459 e.